The first-order chi connectivity index (χ1) is 8.20. The maximum atomic E-state index is 12.3. The molecule has 1 fully saturated rings. The van der Waals surface area contributed by atoms with E-state index in [9.17, 15) is 8.78 Å². The Hall–Kier alpha value is -0.860. The average molecular weight is 371 g/mol. The van der Waals surface area contributed by atoms with Crippen LogP contribution in [-0.4, -0.2) is 25.5 Å². The Morgan fingerprint density at radius 1 is 1.61 bits per heavy atom. The molecule has 2 N–H and O–H groups in total. The van der Waals surface area contributed by atoms with E-state index in [2.05, 4.69) is 15.6 Å². The molecular formula is C11H16F2IN3O. The molecule has 2 atom stereocenters. The van der Waals surface area contributed by atoms with Gasteiger partial charge in [0, 0.05) is 19.0 Å². The minimum Gasteiger partial charge on any atom is -0.467 e. The van der Waals surface area contributed by atoms with E-state index in [-0.39, 0.29) is 30.0 Å². The van der Waals surface area contributed by atoms with Crippen LogP contribution in [0, 0.1) is 5.92 Å². The van der Waals surface area contributed by atoms with Gasteiger partial charge in [-0.25, -0.2) is 8.78 Å². The summed E-state index contributed by atoms with van der Waals surface area (Å²) in [6, 6.07) is 3.46. The van der Waals surface area contributed by atoms with Crippen molar-refractivity contribution in [2.75, 3.05) is 7.05 Å². The summed E-state index contributed by atoms with van der Waals surface area (Å²) in [4.78, 5) is 3.97. The lowest BCUT2D eigenvalue weighted by atomic mass is 10.4. The number of aliphatic imine (C=N–C) groups is 1. The molecule has 2 rings (SSSR count). The van der Waals surface area contributed by atoms with Crippen LogP contribution in [0.5, 0.6) is 0 Å². The van der Waals surface area contributed by atoms with E-state index in [0.717, 1.165) is 5.76 Å². The number of hydrogen-bond acceptors (Lipinski definition) is 2. The van der Waals surface area contributed by atoms with Gasteiger partial charge in [-0.3, -0.25) is 4.99 Å². The van der Waals surface area contributed by atoms with Crippen molar-refractivity contribution in [1.82, 2.24) is 10.6 Å². The third-order valence-electron chi connectivity index (χ3n) is 2.72. The highest BCUT2D eigenvalue weighted by atomic mass is 127. The zero-order chi connectivity index (χ0) is 12.3. The number of halogens is 3. The molecule has 1 aromatic rings. The van der Waals surface area contributed by atoms with Crippen LogP contribution >= 0.6 is 24.0 Å². The summed E-state index contributed by atoms with van der Waals surface area (Å²) in [5, 5.41) is 5.95. The maximum absolute atomic E-state index is 12.3. The average Bonchev–Trinajstić information content (AvgIpc) is 2.89. The molecule has 0 aromatic carbocycles. The summed E-state index contributed by atoms with van der Waals surface area (Å²) in [6.07, 6.45) is -0.171. The fraction of sp³-hybridized carbons (Fsp3) is 0.545. The van der Waals surface area contributed by atoms with Crippen LogP contribution in [0.4, 0.5) is 8.78 Å². The maximum Gasteiger partial charge on any atom is 0.243 e. The quantitative estimate of drug-likeness (QED) is 0.485. The zero-order valence-electron chi connectivity index (χ0n) is 9.90. The Bertz CT molecular complexity index is 384. The molecule has 102 valence electrons. The van der Waals surface area contributed by atoms with Crippen LogP contribution in [0.3, 0.4) is 0 Å². The van der Waals surface area contributed by atoms with Crippen molar-refractivity contribution in [3.63, 3.8) is 0 Å². The van der Waals surface area contributed by atoms with Gasteiger partial charge in [0.05, 0.1) is 12.8 Å². The third-order valence-corrected chi connectivity index (χ3v) is 2.72. The first-order valence-corrected chi connectivity index (χ1v) is 5.48. The second kappa shape index (κ2) is 6.91. The van der Waals surface area contributed by atoms with Crippen LogP contribution in [0.1, 0.15) is 12.2 Å². The third kappa shape index (κ3) is 4.11. The minimum atomic E-state index is -2.25. The van der Waals surface area contributed by atoms with Gasteiger partial charge in [-0.05, 0) is 18.6 Å². The predicted molar refractivity (Wildman–Crippen MR) is 75.4 cm³/mol. The molecule has 1 aromatic heterocycles. The molecule has 0 aliphatic heterocycles. The minimum absolute atomic E-state index is 0. The molecule has 1 aliphatic rings. The van der Waals surface area contributed by atoms with Crippen molar-refractivity contribution in [2.45, 2.75) is 25.4 Å². The Morgan fingerprint density at radius 2 is 2.39 bits per heavy atom. The summed E-state index contributed by atoms with van der Waals surface area (Å²) in [7, 11) is 1.61. The van der Waals surface area contributed by atoms with Crippen molar-refractivity contribution in [3.05, 3.63) is 24.2 Å². The van der Waals surface area contributed by atoms with Crippen molar-refractivity contribution >= 4 is 29.9 Å². The zero-order valence-corrected chi connectivity index (χ0v) is 12.2. The van der Waals surface area contributed by atoms with Gasteiger partial charge in [0.25, 0.3) is 0 Å². The van der Waals surface area contributed by atoms with Crippen LogP contribution in [0.15, 0.2) is 27.8 Å². The number of nitrogens with one attached hydrogen (secondary N) is 2. The smallest absolute Gasteiger partial charge is 0.243 e. The van der Waals surface area contributed by atoms with Gasteiger partial charge in [0.15, 0.2) is 5.96 Å². The summed E-state index contributed by atoms with van der Waals surface area (Å²) in [5.41, 5.74) is 0. The standard InChI is InChI=1S/C11H15F2N3O.HI/c1-14-11(15-6-7-3-2-4-17-7)16-9-5-8(9)10(12)13;/h2-4,8-10H,5-6H2,1H3,(H2,14,15,16);1H/t8-,9-;/m0./s1. The molecule has 1 heterocycles. The summed E-state index contributed by atoms with van der Waals surface area (Å²) in [5.74, 6) is 0.751. The number of rotatable bonds is 4. The fourth-order valence-electron chi connectivity index (χ4n) is 1.61. The summed E-state index contributed by atoms with van der Waals surface area (Å²) < 4.78 is 29.8. The number of furan rings is 1. The Kier molecular flexibility index (Phi) is 5.83. The highest BCUT2D eigenvalue weighted by molar-refractivity contribution is 14.0. The van der Waals surface area contributed by atoms with Crippen LogP contribution < -0.4 is 10.6 Å². The summed E-state index contributed by atoms with van der Waals surface area (Å²) in [6.45, 7) is 0.485. The molecule has 4 nitrogen and oxygen atoms in total. The molecule has 18 heavy (non-hydrogen) atoms. The number of guanidine groups is 1. The van der Waals surface area contributed by atoms with Gasteiger partial charge >= 0.3 is 0 Å². The molecule has 0 spiro atoms. The molecule has 0 amide bonds. The topological polar surface area (TPSA) is 49.6 Å². The van der Waals surface area contributed by atoms with Gasteiger partial charge in [-0.1, -0.05) is 0 Å². The molecule has 0 bridgehead atoms. The van der Waals surface area contributed by atoms with E-state index in [4.69, 9.17) is 4.42 Å². The predicted octanol–water partition coefficient (Wildman–Crippen LogP) is 2.22. The van der Waals surface area contributed by atoms with Crippen molar-refractivity contribution in [1.29, 1.82) is 0 Å². The van der Waals surface area contributed by atoms with E-state index in [1.807, 2.05) is 6.07 Å². The second-order valence-electron chi connectivity index (χ2n) is 3.99. The number of alkyl halides is 2. The van der Waals surface area contributed by atoms with Crippen LogP contribution in [0.25, 0.3) is 0 Å². The van der Waals surface area contributed by atoms with Gasteiger partial charge in [0.1, 0.15) is 5.76 Å². The normalized spacial score (nSPS) is 22.6. The molecular weight excluding hydrogens is 355 g/mol. The van der Waals surface area contributed by atoms with E-state index in [1.165, 1.54) is 0 Å². The molecule has 0 saturated heterocycles. The number of nitrogens with zero attached hydrogens (tertiary/aromatic N) is 1. The van der Waals surface area contributed by atoms with E-state index >= 15 is 0 Å². The molecule has 1 aliphatic carbocycles. The fourth-order valence-corrected chi connectivity index (χ4v) is 1.61. The Morgan fingerprint density at radius 3 is 2.89 bits per heavy atom. The van der Waals surface area contributed by atoms with E-state index < -0.39 is 12.3 Å². The first kappa shape index (κ1) is 15.2. The van der Waals surface area contributed by atoms with Crippen molar-refractivity contribution in [2.24, 2.45) is 10.9 Å². The lowest BCUT2D eigenvalue weighted by molar-refractivity contribution is 0.119. The van der Waals surface area contributed by atoms with E-state index in [1.54, 1.807) is 19.4 Å². The van der Waals surface area contributed by atoms with Gasteiger partial charge in [-0.2, -0.15) is 0 Å². The summed E-state index contributed by atoms with van der Waals surface area (Å²) >= 11 is 0. The lowest BCUT2D eigenvalue weighted by Crippen LogP contribution is -2.39. The largest absolute Gasteiger partial charge is 0.467 e. The monoisotopic (exact) mass is 371 g/mol. The number of hydrogen-bond donors (Lipinski definition) is 2. The molecule has 0 radical (unpaired) electrons. The van der Waals surface area contributed by atoms with Gasteiger partial charge < -0.3 is 15.1 Å². The lowest BCUT2D eigenvalue weighted by Gasteiger charge is -2.10. The molecule has 7 heteroatoms. The highest BCUT2D eigenvalue weighted by Crippen LogP contribution is 2.35. The SMILES string of the molecule is CN=C(NCc1ccco1)N[C@H]1C[C@@H]1C(F)F.I. The van der Waals surface area contributed by atoms with Crippen LogP contribution in [-0.2, 0) is 6.54 Å². The Labute approximate surface area is 121 Å². The van der Waals surface area contributed by atoms with Gasteiger partial charge in [-0.15, -0.1) is 24.0 Å². The first-order valence-electron chi connectivity index (χ1n) is 5.48. The highest BCUT2D eigenvalue weighted by Gasteiger charge is 2.44. The van der Waals surface area contributed by atoms with Crippen molar-refractivity contribution < 1.29 is 13.2 Å². The molecule has 1 saturated carbocycles. The Balaban J connectivity index is 0.00000162. The molecule has 0 unspecified atom stereocenters. The van der Waals surface area contributed by atoms with Crippen molar-refractivity contribution in [3.8, 4) is 0 Å². The van der Waals surface area contributed by atoms with E-state index in [0.29, 0.717) is 18.9 Å². The van der Waals surface area contributed by atoms with Gasteiger partial charge in [0.2, 0.25) is 6.43 Å². The van der Waals surface area contributed by atoms with Crippen LogP contribution in [0.2, 0.25) is 0 Å². The second-order valence-corrected chi connectivity index (χ2v) is 3.99.